The number of thiazole rings is 1. The Morgan fingerprint density at radius 3 is 2.69 bits per heavy atom. The summed E-state index contributed by atoms with van der Waals surface area (Å²) in [6.07, 6.45) is 2.69. The molecular formula is C12H14N2OS. The van der Waals surface area contributed by atoms with Crippen molar-refractivity contribution in [3.63, 3.8) is 0 Å². The molecule has 0 spiro atoms. The molecular weight excluding hydrogens is 220 g/mol. The third-order valence-electron chi connectivity index (χ3n) is 2.20. The molecule has 0 atom stereocenters. The quantitative estimate of drug-likeness (QED) is 0.863. The van der Waals surface area contributed by atoms with E-state index < -0.39 is 0 Å². The van der Waals surface area contributed by atoms with Gasteiger partial charge in [-0.2, -0.15) is 0 Å². The lowest BCUT2D eigenvalue weighted by Crippen LogP contribution is -2.02. The lowest BCUT2D eigenvalue weighted by atomic mass is 10.1. The van der Waals surface area contributed by atoms with Crippen LogP contribution >= 0.6 is 11.3 Å². The molecule has 0 aliphatic heterocycles. The highest BCUT2D eigenvalue weighted by atomic mass is 32.1. The zero-order valence-electron chi connectivity index (χ0n) is 8.93. The summed E-state index contributed by atoms with van der Waals surface area (Å²) in [5.41, 5.74) is 6.72. The average molecular weight is 234 g/mol. The van der Waals surface area contributed by atoms with E-state index >= 15 is 0 Å². The molecule has 2 aromatic rings. The molecule has 0 radical (unpaired) electrons. The van der Waals surface area contributed by atoms with Gasteiger partial charge in [-0.05, 0) is 30.7 Å². The van der Waals surface area contributed by atoms with Crippen molar-refractivity contribution in [2.45, 2.75) is 13.0 Å². The number of hydrogen-bond acceptors (Lipinski definition) is 4. The maximum absolute atomic E-state index is 5.60. The van der Waals surface area contributed by atoms with Crippen LogP contribution in [0.3, 0.4) is 0 Å². The smallest absolute Gasteiger partial charge is 0.140 e. The van der Waals surface area contributed by atoms with Crippen LogP contribution in [0.1, 0.15) is 10.6 Å². The molecule has 84 valence electrons. The molecule has 1 heterocycles. The van der Waals surface area contributed by atoms with Crippen LogP contribution in [0.4, 0.5) is 0 Å². The largest absolute Gasteiger partial charge is 0.486 e. The van der Waals surface area contributed by atoms with Crippen molar-refractivity contribution in [3.8, 4) is 5.75 Å². The molecule has 0 amide bonds. The third kappa shape index (κ3) is 3.05. The first-order valence-electron chi connectivity index (χ1n) is 5.18. The van der Waals surface area contributed by atoms with Gasteiger partial charge in [0.25, 0.3) is 0 Å². The van der Waals surface area contributed by atoms with Crippen LogP contribution in [-0.4, -0.2) is 11.5 Å². The first-order chi connectivity index (χ1) is 7.88. The number of aromatic nitrogens is 1. The summed E-state index contributed by atoms with van der Waals surface area (Å²) in [5.74, 6) is 0.871. The summed E-state index contributed by atoms with van der Waals surface area (Å²) >= 11 is 1.60. The Bertz CT molecular complexity index is 411. The fourth-order valence-electron chi connectivity index (χ4n) is 1.39. The summed E-state index contributed by atoms with van der Waals surface area (Å²) in [7, 11) is 0. The maximum Gasteiger partial charge on any atom is 0.140 e. The molecule has 0 bridgehead atoms. The molecule has 4 heteroatoms. The minimum absolute atomic E-state index is 0.536. The second-order valence-corrected chi connectivity index (χ2v) is 4.38. The molecule has 0 unspecified atom stereocenters. The van der Waals surface area contributed by atoms with Crippen molar-refractivity contribution in [3.05, 3.63) is 46.4 Å². The average Bonchev–Trinajstić information content (AvgIpc) is 2.82. The molecule has 0 saturated carbocycles. The highest BCUT2D eigenvalue weighted by Crippen LogP contribution is 2.15. The first kappa shape index (κ1) is 11.1. The van der Waals surface area contributed by atoms with Gasteiger partial charge in [0.15, 0.2) is 0 Å². The predicted molar refractivity (Wildman–Crippen MR) is 65.6 cm³/mol. The lowest BCUT2D eigenvalue weighted by Gasteiger charge is -2.05. The van der Waals surface area contributed by atoms with Crippen LogP contribution in [0.5, 0.6) is 5.75 Å². The second kappa shape index (κ2) is 5.63. The van der Waals surface area contributed by atoms with E-state index in [9.17, 15) is 0 Å². The van der Waals surface area contributed by atoms with Gasteiger partial charge in [0.1, 0.15) is 17.4 Å². The van der Waals surface area contributed by atoms with E-state index in [1.807, 2.05) is 29.6 Å². The van der Waals surface area contributed by atoms with Crippen molar-refractivity contribution < 1.29 is 4.74 Å². The van der Waals surface area contributed by atoms with Gasteiger partial charge in [-0.3, -0.25) is 0 Å². The molecule has 2 rings (SSSR count). The van der Waals surface area contributed by atoms with E-state index in [0.717, 1.165) is 17.2 Å². The normalized spacial score (nSPS) is 10.3. The van der Waals surface area contributed by atoms with Gasteiger partial charge in [-0.15, -0.1) is 11.3 Å². The molecule has 1 aromatic heterocycles. The summed E-state index contributed by atoms with van der Waals surface area (Å²) in [6, 6.07) is 8.03. The highest BCUT2D eigenvalue weighted by Gasteiger charge is 1.98. The zero-order chi connectivity index (χ0) is 11.2. The standard InChI is InChI=1S/C12H14N2OS/c13-6-5-10-1-3-11(4-2-10)15-9-12-14-7-8-16-12/h1-4,7-8H,5-6,9,13H2. The van der Waals surface area contributed by atoms with Crippen molar-refractivity contribution >= 4 is 11.3 Å². The zero-order valence-corrected chi connectivity index (χ0v) is 9.74. The van der Waals surface area contributed by atoms with Crippen molar-refractivity contribution in [2.24, 2.45) is 5.73 Å². The molecule has 0 aliphatic carbocycles. The van der Waals surface area contributed by atoms with Gasteiger partial charge in [-0.25, -0.2) is 4.98 Å². The summed E-state index contributed by atoms with van der Waals surface area (Å²) < 4.78 is 5.60. The molecule has 3 nitrogen and oxygen atoms in total. The van der Waals surface area contributed by atoms with Crippen LogP contribution in [0.2, 0.25) is 0 Å². The van der Waals surface area contributed by atoms with Gasteiger partial charge in [-0.1, -0.05) is 12.1 Å². The topological polar surface area (TPSA) is 48.1 Å². The number of nitrogens with two attached hydrogens (primary N) is 1. The fraction of sp³-hybridized carbons (Fsp3) is 0.250. The van der Waals surface area contributed by atoms with E-state index in [1.165, 1.54) is 5.56 Å². The Hall–Kier alpha value is -1.39. The van der Waals surface area contributed by atoms with E-state index in [1.54, 1.807) is 17.5 Å². The minimum Gasteiger partial charge on any atom is -0.486 e. The molecule has 0 aliphatic rings. The summed E-state index contributed by atoms with van der Waals surface area (Å²) in [5, 5.41) is 2.94. The lowest BCUT2D eigenvalue weighted by molar-refractivity contribution is 0.305. The van der Waals surface area contributed by atoms with Crippen molar-refractivity contribution in [1.29, 1.82) is 0 Å². The Labute approximate surface area is 98.9 Å². The van der Waals surface area contributed by atoms with E-state index in [2.05, 4.69) is 4.98 Å². The molecule has 16 heavy (non-hydrogen) atoms. The van der Waals surface area contributed by atoms with Crippen molar-refractivity contribution in [2.75, 3.05) is 6.54 Å². The molecule has 2 N–H and O–H groups in total. The van der Waals surface area contributed by atoms with E-state index in [0.29, 0.717) is 13.2 Å². The molecule has 1 aromatic carbocycles. The Morgan fingerprint density at radius 2 is 2.06 bits per heavy atom. The molecule has 0 saturated heterocycles. The first-order valence-corrected chi connectivity index (χ1v) is 6.06. The molecule has 0 fully saturated rings. The monoisotopic (exact) mass is 234 g/mol. The Kier molecular flexibility index (Phi) is 3.91. The number of hydrogen-bond donors (Lipinski definition) is 1. The highest BCUT2D eigenvalue weighted by molar-refractivity contribution is 7.09. The van der Waals surface area contributed by atoms with Crippen LogP contribution in [-0.2, 0) is 13.0 Å². The van der Waals surface area contributed by atoms with Gasteiger partial charge in [0.05, 0.1) is 0 Å². The van der Waals surface area contributed by atoms with E-state index in [4.69, 9.17) is 10.5 Å². The third-order valence-corrected chi connectivity index (χ3v) is 2.96. The van der Waals surface area contributed by atoms with Crippen LogP contribution < -0.4 is 10.5 Å². The Morgan fingerprint density at radius 1 is 1.25 bits per heavy atom. The van der Waals surface area contributed by atoms with Gasteiger partial charge in [0.2, 0.25) is 0 Å². The van der Waals surface area contributed by atoms with Gasteiger partial charge in [0, 0.05) is 11.6 Å². The van der Waals surface area contributed by atoms with E-state index in [-0.39, 0.29) is 0 Å². The van der Waals surface area contributed by atoms with Gasteiger partial charge >= 0.3 is 0 Å². The van der Waals surface area contributed by atoms with Crippen molar-refractivity contribution in [1.82, 2.24) is 4.98 Å². The number of nitrogens with zero attached hydrogens (tertiary/aromatic N) is 1. The van der Waals surface area contributed by atoms with Gasteiger partial charge < -0.3 is 10.5 Å². The second-order valence-electron chi connectivity index (χ2n) is 3.40. The summed E-state index contributed by atoms with van der Waals surface area (Å²) in [4.78, 5) is 4.16. The fourth-order valence-corrected chi connectivity index (χ4v) is 1.92. The minimum atomic E-state index is 0.536. The maximum atomic E-state index is 5.60. The SMILES string of the molecule is NCCc1ccc(OCc2nccs2)cc1. The number of rotatable bonds is 5. The van der Waals surface area contributed by atoms with Crippen LogP contribution in [0.25, 0.3) is 0 Å². The Balaban J connectivity index is 1.90. The number of ether oxygens (including phenoxy) is 1. The summed E-state index contributed by atoms with van der Waals surface area (Å²) in [6.45, 7) is 1.22. The van der Waals surface area contributed by atoms with Crippen LogP contribution in [0, 0.1) is 0 Å². The predicted octanol–water partition coefficient (Wildman–Crippen LogP) is 2.22. The van der Waals surface area contributed by atoms with Crippen LogP contribution in [0.15, 0.2) is 35.8 Å². The number of benzene rings is 1.